The van der Waals surface area contributed by atoms with Crippen LogP contribution in [-0.2, 0) is 4.79 Å². The molecule has 1 aromatic rings. The summed E-state index contributed by atoms with van der Waals surface area (Å²) in [6.07, 6.45) is 2.17. The second-order valence-corrected chi connectivity index (χ2v) is 4.90. The molecule has 1 aromatic carbocycles. The van der Waals surface area contributed by atoms with Gasteiger partial charge in [0.15, 0.2) is 0 Å². The number of likely N-dealkylation sites (N-methyl/N-ethyl adjacent to an activating group) is 1. The molecule has 1 aliphatic rings. The summed E-state index contributed by atoms with van der Waals surface area (Å²) in [5, 5.41) is 0. The van der Waals surface area contributed by atoms with E-state index in [0.717, 1.165) is 18.4 Å². The Morgan fingerprint density at radius 3 is 2.47 bits per heavy atom. The van der Waals surface area contributed by atoms with Gasteiger partial charge in [-0.1, -0.05) is 42.5 Å². The molecule has 0 saturated heterocycles. The van der Waals surface area contributed by atoms with Crippen molar-refractivity contribution in [3.63, 3.8) is 0 Å². The van der Waals surface area contributed by atoms with Gasteiger partial charge < -0.3 is 10.6 Å². The highest BCUT2D eigenvalue weighted by atomic mass is 32.1. The Morgan fingerprint density at radius 2 is 2.00 bits per heavy atom. The van der Waals surface area contributed by atoms with E-state index in [0.29, 0.717) is 6.04 Å². The lowest BCUT2D eigenvalue weighted by molar-refractivity contribution is -0.130. The number of carbonyl (C=O) groups excluding carboxylic acids is 1. The number of carbonyl (C=O) groups is 1. The predicted molar refractivity (Wildman–Crippen MR) is 71.8 cm³/mol. The lowest BCUT2D eigenvalue weighted by Gasteiger charge is -2.23. The van der Waals surface area contributed by atoms with E-state index in [1.54, 1.807) is 4.90 Å². The molecular formula is C13H16N2OS. The maximum absolute atomic E-state index is 12.3. The molecule has 0 aromatic heterocycles. The van der Waals surface area contributed by atoms with Crippen LogP contribution in [0.15, 0.2) is 30.3 Å². The largest absolute Gasteiger partial charge is 0.392 e. The maximum Gasteiger partial charge on any atom is 0.236 e. The van der Waals surface area contributed by atoms with Crippen molar-refractivity contribution in [3.05, 3.63) is 35.9 Å². The fourth-order valence-electron chi connectivity index (χ4n) is 1.92. The number of nitrogens with zero attached hydrogens (tertiary/aromatic N) is 1. The Bertz CT molecular complexity index is 428. The molecule has 1 aliphatic carbocycles. The average molecular weight is 248 g/mol. The average Bonchev–Trinajstić information content (AvgIpc) is 3.13. The Balaban J connectivity index is 2.23. The zero-order valence-electron chi connectivity index (χ0n) is 9.80. The minimum atomic E-state index is -0.489. The molecule has 0 aliphatic heterocycles. The summed E-state index contributed by atoms with van der Waals surface area (Å²) in [6, 6.07) is 9.86. The number of hydrogen-bond donors (Lipinski definition) is 1. The second-order valence-electron chi connectivity index (χ2n) is 4.43. The number of thiocarbonyl (C=S) groups is 1. The normalized spacial score (nSPS) is 16.3. The Morgan fingerprint density at radius 1 is 1.41 bits per heavy atom. The SMILES string of the molecule is CN(C(=O)C(C(N)=S)c1ccccc1)C1CC1. The van der Waals surface area contributed by atoms with Gasteiger partial charge in [-0.05, 0) is 18.4 Å². The van der Waals surface area contributed by atoms with Crippen LogP contribution in [-0.4, -0.2) is 28.9 Å². The van der Waals surface area contributed by atoms with Crippen molar-refractivity contribution in [3.8, 4) is 0 Å². The summed E-state index contributed by atoms with van der Waals surface area (Å²) in [7, 11) is 1.83. The van der Waals surface area contributed by atoms with Crippen molar-refractivity contribution >= 4 is 23.1 Å². The third-order valence-corrected chi connectivity index (χ3v) is 3.34. The van der Waals surface area contributed by atoms with E-state index >= 15 is 0 Å². The molecule has 0 bridgehead atoms. The van der Waals surface area contributed by atoms with Crippen LogP contribution in [0.5, 0.6) is 0 Å². The second kappa shape index (κ2) is 4.84. The molecule has 1 fully saturated rings. The van der Waals surface area contributed by atoms with Crippen molar-refractivity contribution in [1.82, 2.24) is 4.90 Å². The lowest BCUT2D eigenvalue weighted by atomic mass is 9.97. The van der Waals surface area contributed by atoms with Crippen LogP contribution < -0.4 is 5.73 Å². The number of benzene rings is 1. The van der Waals surface area contributed by atoms with Crippen molar-refractivity contribution in [2.24, 2.45) is 5.73 Å². The van der Waals surface area contributed by atoms with Crippen LogP contribution in [0.25, 0.3) is 0 Å². The number of rotatable bonds is 4. The van der Waals surface area contributed by atoms with Crippen LogP contribution in [0.2, 0.25) is 0 Å². The van der Waals surface area contributed by atoms with E-state index in [2.05, 4.69) is 0 Å². The lowest BCUT2D eigenvalue weighted by Crippen LogP contribution is -2.38. The molecule has 1 atom stereocenters. The summed E-state index contributed by atoms with van der Waals surface area (Å²) >= 11 is 5.03. The molecule has 1 amide bonds. The minimum absolute atomic E-state index is 0.00574. The molecule has 1 saturated carbocycles. The molecule has 2 rings (SSSR count). The quantitative estimate of drug-likeness (QED) is 0.825. The first kappa shape index (κ1) is 12.0. The van der Waals surface area contributed by atoms with Crippen LogP contribution >= 0.6 is 12.2 Å². The molecule has 17 heavy (non-hydrogen) atoms. The standard InChI is InChI=1S/C13H16N2OS/c1-15(10-7-8-10)13(16)11(12(14)17)9-5-3-2-4-6-9/h2-6,10-11H,7-8H2,1H3,(H2,14,17). The fourth-order valence-corrected chi connectivity index (χ4v) is 2.16. The molecule has 1 unspecified atom stereocenters. The molecular weight excluding hydrogens is 232 g/mol. The first-order chi connectivity index (χ1) is 8.11. The molecule has 3 nitrogen and oxygen atoms in total. The number of amides is 1. The first-order valence-corrected chi connectivity index (χ1v) is 6.13. The van der Waals surface area contributed by atoms with Gasteiger partial charge >= 0.3 is 0 Å². The zero-order valence-corrected chi connectivity index (χ0v) is 10.6. The Kier molecular flexibility index (Phi) is 3.43. The van der Waals surface area contributed by atoms with E-state index in [-0.39, 0.29) is 10.9 Å². The van der Waals surface area contributed by atoms with Crippen LogP contribution in [0, 0.1) is 0 Å². The van der Waals surface area contributed by atoms with Crippen molar-refractivity contribution in [2.75, 3.05) is 7.05 Å². The topological polar surface area (TPSA) is 46.3 Å². The molecule has 2 N–H and O–H groups in total. The van der Waals surface area contributed by atoms with Gasteiger partial charge in [-0.2, -0.15) is 0 Å². The van der Waals surface area contributed by atoms with Crippen LogP contribution in [0.1, 0.15) is 24.3 Å². The Hall–Kier alpha value is -1.42. The van der Waals surface area contributed by atoms with E-state index < -0.39 is 5.92 Å². The maximum atomic E-state index is 12.3. The molecule has 90 valence electrons. The summed E-state index contributed by atoms with van der Waals surface area (Å²) in [5.74, 6) is -0.483. The monoisotopic (exact) mass is 248 g/mol. The highest BCUT2D eigenvalue weighted by Gasteiger charge is 2.34. The summed E-state index contributed by atoms with van der Waals surface area (Å²) < 4.78 is 0. The zero-order chi connectivity index (χ0) is 12.4. The van der Waals surface area contributed by atoms with Crippen molar-refractivity contribution in [1.29, 1.82) is 0 Å². The number of hydrogen-bond acceptors (Lipinski definition) is 2. The molecule has 4 heteroatoms. The van der Waals surface area contributed by atoms with E-state index in [4.69, 9.17) is 18.0 Å². The summed E-state index contributed by atoms with van der Waals surface area (Å²) in [6.45, 7) is 0. The van der Waals surface area contributed by atoms with Gasteiger partial charge in [0, 0.05) is 13.1 Å². The first-order valence-electron chi connectivity index (χ1n) is 5.72. The third-order valence-electron chi connectivity index (χ3n) is 3.11. The molecule has 0 heterocycles. The number of nitrogens with two attached hydrogens (primary N) is 1. The molecule has 0 spiro atoms. The van der Waals surface area contributed by atoms with Gasteiger partial charge in [0.2, 0.25) is 5.91 Å². The third kappa shape index (κ3) is 2.64. The van der Waals surface area contributed by atoms with E-state index in [1.165, 1.54) is 0 Å². The van der Waals surface area contributed by atoms with E-state index in [1.807, 2.05) is 37.4 Å². The van der Waals surface area contributed by atoms with Gasteiger partial charge in [0.25, 0.3) is 0 Å². The van der Waals surface area contributed by atoms with Gasteiger partial charge in [0.05, 0.1) is 4.99 Å². The fraction of sp³-hybridized carbons (Fsp3) is 0.385. The molecule has 0 radical (unpaired) electrons. The van der Waals surface area contributed by atoms with Crippen LogP contribution in [0.4, 0.5) is 0 Å². The minimum Gasteiger partial charge on any atom is -0.392 e. The van der Waals surface area contributed by atoms with E-state index in [9.17, 15) is 4.79 Å². The predicted octanol–water partition coefficient (Wildman–Crippen LogP) is 1.68. The van der Waals surface area contributed by atoms with Crippen molar-refractivity contribution < 1.29 is 4.79 Å². The highest BCUT2D eigenvalue weighted by Crippen LogP contribution is 2.29. The highest BCUT2D eigenvalue weighted by molar-refractivity contribution is 7.80. The summed E-state index contributed by atoms with van der Waals surface area (Å²) in [5.41, 5.74) is 6.58. The summed E-state index contributed by atoms with van der Waals surface area (Å²) in [4.78, 5) is 14.3. The van der Waals surface area contributed by atoms with Gasteiger partial charge in [-0.25, -0.2) is 0 Å². The van der Waals surface area contributed by atoms with Gasteiger partial charge in [-0.15, -0.1) is 0 Å². The van der Waals surface area contributed by atoms with Crippen LogP contribution in [0.3, 0.4) is 0 Å². The van der Waals surface area contributed by atoms with Crippen molar-refractivity contribution in [2.45, 2.75) is 24.8 Å². The van der Waals surface area contributed by atoms with Gasteiger partial charge in [-0.3, -0.25) is 4.79 Å². The Labute approximate surface area is 107 Å². The van der Waals surface area contributed by atoms with Gasteiger partial charge in [0.1, 0.15) is 5.92 Å². The smallest absolute Gasteiger partial charge is 0.236 e.